The summed E-state index contributed by atoms with van der Waals surface area (Å²) in [7, 11) is 1.49. The van der Waals surface area contributed by atoms with Gasteiger partial charge in [0, 0.05) is 45.7 Å². The van der Waals surface area contributed by atoms with Gasteiger partial charge in [-0.2, -0.15) is 0 Å². The van der Waals surface area contributed by atoms with Crippen LogP contribution < -0.4 is 16.0 Å². The molecule has 0 aromatic heterocycles. The van der Waals surface area contributed by atoms with Crippen LogP contribution in [0.1, 0.15) is 13.3 Å². The first kappa shape index (κ1) is 12.9. The summed E-state index contributed by atoms with van der Waals surface area (Å²) < 4.78 is 0. The molecule has 0 bridgehead atoms. The predicted molar refractivity (Wildman–Crippen MR) is 61.1 cm³/mol. The quantitative estimate of drug-likeness (QED) is 0.587. The highest BCUT2D eigenvalue weighted by Crippen LogP contribution is 1.99. The van der Waals surface area contributed by atoms with Gasteiger partial charge in [-0.15, -0.1) is 0 Å². The van der Waals surface area contributed by atoms with Gasteiger partial charge in [0.2, 0.25) is 5.91 Å². The molecule has 0 radical (unpaired) electrons. The van der Waals surface area contributed by atoms with Gasteiger partial charge in [0.15, 0.2) is 0 Å². The molecule has 1 atom stereocenters. The maximum Gasteiger partial charge on any atom is 0.321 e. The fourth-order valence-electron chi connectivity index (χ4n) is 1.73. The average Bonchev–Trinajstić information content (AvgIpc) is 2.26. The van der Waals surface area contributed by atoms with Gasteiger partial charge in [-0.05, 0) is 6.92 Å². The van der Waals surface area contributed by atoms with Crippen LogP contribution in [0.15, 0.2) is 0 Å². The van der Waals surface area contributed by atoms with Crippen molar-refractivity contribution in [2.45, 2.75) is 19.4 Å². The number of hydrogen-bond acceptors (Lipinski definition) is 4. The van der Waals surface area contributed by atoms with Crippen LogP contribution in [-0.4, -0.2) is 56.1 Å². The van der Waals surface area contributed by atoms with Gasteiger partial charge in [-0.1, -0.05) is 0 Å². The Labute approximate surface area is 95.8 Å². The van der Waals surface area contributed by atoms with Gasteiger partial charge in [0.25, 0.3) is 0 Å². The molecule has 1 heterocycles. The third-order valence-corrected chi connectivity index (χ3v) is 2.59. The average molecular weight is 228 g/mol. The summed E-state index contributed by atoms with van der Waals surface area (Å²) in [4.78, 5) is 24.4. The summed E-state index contributed by atoms with van der Waals surface area (Å²) in [5.74, 6) is -0.231. The third kappa shape index (κ3) is 4.59. The number of rotatable bonds is 3. The largest absolute Gasteiger partial charge is 0.341 e. The lowest BCUT2D eigenvalue weighted by atomic mass is 10.2. The molecule has 1 fully saturated rings. The van der Waals surface area contributed by atoms with Gasteiger partial charge in [-0.25, -0.2) is 4.79 Å². The van der Waals surface area contributed by atoms with Crippen LogP contribution in [-0.2, 0) is 4.79 Å². The van der Waals surface area contributed by atoms with Crippen molar-refractivity contribution in [2.75, 3.05) is 33.2 Å². The highest BCUT2D eigenvalue weighted by atomic mass is 16.2. The van der Waals surface area contributed by atoms with Gasteiger partial charge >= 0.3 is 6.03 Å². The molecule has 0 aliphatic carbocycles. The van der Waals surface area contributed by atoms with E-state index in [2.05, 4.69) is 27.8 Å². The molecule has 6 heteroatoms. The lowest BCUT2D eigenvalue weighted by Crippen LogP contribution is -2.50. The highest BCUT2D eigenvalue weighted by Gasteiger charge is 2.16. The van der Waals surface area contributed by atoms with Crippen LogP contribution in [0.2, 0.25) is 0 Å². The highest BCUT2D eigenvalue weighted by molar-refractivity contribution is 5.94. The van der Waals surface area contributed by atoms with Crippen molar-refractivity contribution in [1.29, 1.82) is 0 Å². The second-order valence-electron chi connectivity index (χ2n) is 4.03. The fourth-order valence-corrected chi connectivity index (χ4v) is 1.73. The van der Waals surface area contributed by atoms with Crippen LogP contribution in [0, 0.1) is 0 Å². The van der Waals surface area contributed by atoms with E-state index in [-0.39, 0.29) is 5.91 Å². The first-order chi connectivity index (χ1) is 7.61. The van der Waals surface area contributed by atoms with E-state index in [1.165, 1.54) is 7.05 Å². The summed E-state index contributed by atoms with van der Waals surface area (Å²) in [5.41, 5.74) is 0. The zero-order valence-electron chi connectivity index (χ0n) is 9.88. The van der Waals surface area contributed by atoms with Crippen LogP contribution in [0.5, 0.6) is 0 Å². The van der Waals surface area contributed by atoms with Gasteiger partial charge in [-0.3, -0.25) is 10.1 Å². The molecule has 1 rings (SSSR count). The lowest BCUT2D eigenvalue weighted by molar-refractivity contribution is -0.120. The number of carbonyl (C=O) groups excluding carboxylic acids is 2. The molecule has 0 aromatic carbocycles. The second-order valence-corrected chi connectivity index (χ2v) is 4.03. The van der Waals surface area contributed by atoms with Crippen LogP contribution in [0.25, 0.3) is 0 Å². The van der Waals surface area contributed by atoms with E-state index in [1.54, 1.807) is 0 Å². The Morgan fingerprint density at radius 2 is 2.25 bits per heavy atom. The summed E-state index contributed by atoms with van der Waals surface area (Å²) in [6.07, 6.45) is 0.361. The minimum atomic E-state index is -0.446. The number of imide groups is 1. The topological polar surface area (TPSA) is 73.5 Å². The number of nitrogens with one attached hydrogen (secondary N) is 3. The summed E-state index contributed by atoms with van der Waals surface area (Å²) in [5, 5.41) is 7.93. The number of carbonyl (C=O) groups is 2. The van der Waals surface area contributed by atoms with Crippen molar-refractivity contribution in [3.63, 3.8) is 0 Å². The van der Waals surface area contributed by atoms with Crippen molar-refractivity contribution in [2.24, 2.45) is 0 Å². The molecular weight excluding hydrogens is 208 g/mol. The zero-order valence-corrected chi connectivity index (χ0v) is 9.88. The SMILES string of the molecule is CNC(=O)NC(=O)CCN1CCN[C@@H](C)C1. The van der Waals surface area contributed by atoms with E-state index < -0.39 is 6.03 Å². The molecule has 6 nitrogen and oxygen atoms in total. The van der Waals surface area contributed by atoms with Gasteiger partial charge < -0.3 is 15.5 Å². The Hall–Kier alpha value is -1.14. The molecule has 3 amide bonds. The number of urea groups is 1. The minimum Gasteiger partial charge on any atom is -0.341 e. The van der Waals surface area contributed by atoms with Gasteiger partial charge in [0.05, 0.1) is 0 Å². The molecular formula is C10H20N4O2. The number of nitrogens with zero attached hydrogens (tertiary/aromatic N) is 1. The second kappa shape index (κ2) is 6.44. The van der Waals surface area contributed by atoms with Crippen molar-refractivity contribution >= 4 is 11.9 Å². The standard InChI is InChI=1S/C10H20N4O2/c1-8-7-14(6-4-12-8)5-3-9(15)13-10(16)11-2/h8,12H,3-7H2,1-2H3,(H2,11,13,15,16)/t8-/m0/s1. The zero-order chi connectivity index (χ0) is 12.0. The van der Waals surface area contributed by atoms with E-state index in [4.69, 9.17) is 0 Å². The third-order valence-electron chi connectivity index (χ3n) is 2.59. The molecule has 1 aliphatic heterocycles. The van der Waals surface area contributed by atoms with Crippen molar-refractivity contribution in [3.05, 3.63) is 0 Å². The maximum absolute atomic E-state index is 11.3. The normalized spacial score (nSPS) is 21.5. The van der Waals surface area contributed by atoms with Crippen LogP contribution in [0.4, 0.5) is 4.79 Å². The fraction of sp³-hybridized carbons (Fsp3) is 0.800. The predicted octanol–water partition coefficient (Wildman–Crippen LogP) is -0.874. The Bertz CT molecular complexity index is 257. The molecule has 1 saturated heterocycles. The number of piperazine rings is 1. The Kier molecular flexibility index (Phi) is 5.21. The molecule has 0 saturated carbocycles. The van der Waals surface area contributed by atoms with E-state index >= 15 is 0 Å². The molecule has 3 N–H and O–H groups in total. The van der Waals surface area contributed by atoms with Crippen molar-refractivity contribution < 1.29 is 9.59 Å². The molecule has 1 aliphatic rings. The Balaban J connectivity index is 2.18. The summed E-state index contributed by atoms with van der Waals surface area (Å²) >= 11 is 0. The van der Waals surface area contributed by atoms with Crippen LogP contribution >= 0.6 is 0 Å². The number of hydrogen-bond donors (Lipinski definition) is 3. The summed E-state index contributed by atoms with van der Waals surface area (Å²) in [6.45, 7) is 5.69. The van der Waals surface area contributed by atoms with E-state index in [0.29, 0.717) is 19.0 Å². The first-order valence-corrected chi connectivity index (χ1v) is 5.59. The number of amides is 3. The molecule has 0 unspecified atom stereocenters. The summed E-state index contributed by atoms with van der Waals surface area (Å²) in [6, 6.07) is 0.0226. The van der Waals surface area contributed by atoms with E-state index in [0.717, 1.165) is 19.6 Å². The molecule has 16 heavy (non-hydrogen) atoms. The van der Waals surface area contributed by atoms with Crippen LogP contribution in [0.3, 0.4) is 0 Å². The van der Waals surface area contributed by atoms with E-state index in [9.17, 15) is 9.59 Å². The maximum atomic E-state index is 11.3. The van der Waals surface area contributed by atoms with E-state index in [1.807, 2.05) is 0 Å². The minimum absolute atomic E-state index is 0.231. The molecule has 0 spiro atoms. The Morgan fingerprint density at radius 1 is 1.50 bits per heavy atom. The van der Waals surface area contributed by atoms with Crippen molar-refractivity contribution in [3.8, 4) is 0 Å². The smallest absolute Gasteiger partial charge is 0.321 e. The van der Waals surface area contributed by atoms with Crippen molar-refractivity contribution in [1.82, 2.24) is 20.9 Å². The monoisotopic (exact) mass is 228 g/mol. The first-order valence-electron chi connectivity index (χ1n) is 5.59. The lowest BCUT2D eigenvalue weighted by Gasteiger charge is -2.31. The van der Waals surface area contributed by atoms with Gasteiger partial charge in [0.1, 0.15) is 0 Å². The Morgan fingerprint density at radius 3 is 2.88 bits per heavy atom. The molecule has 0 aromatic rings. The molecule has 92 valence electrons.